The van der Waals surface area contributed by atoms with Crippen molar-refractivity contribution in [2.45, 2.75) is 11.4 Å². The summed E-state index contributed by atoms with van der Waals surface area (Å²) in [5.74, 6) is -1.49. The lowest BCUT2D eigenvalue weighted by Gasteiger charge is -2.25. The van der Waals surface area contributed by atoms with E-state index in [1.54, 1.807) is 48.5 Å². The summed E-state index contributed by atoms with van der Waals surface area (Å²) in [6.07, 6.45) is 0. The number of carboxylic acids is 1. The number of anilines is 1. The Kier molecular flexibility index (Phi) is 5.93. The second-order valence-electron chi connectivity index (χ2n) is 5.91. The van der Waals surface area contributed by atoms with Gasteiger partial charge in [0, 0.05) is 5.02 Å². The van der Waals surface area contributed by atoms with Gasteiger partial charge in [0.1, 0.15) is 4.90 Å². The van der Waals surface area contributed by atoms with Crippen molar-refractivity contribution >= 4 is 44.9 Å². The Bertz CT molecular complexity index is 1100. The number of rotatable bonds is 6. The van der Waals surface area contributed by atoms with E-state index in [0.717, 1.165) is 15.9 Å². The number of carbonyl (C=O) groups is 1. The van der Waals surface area contributed by atoms with E-state index in [1.807, 2.05) is 6.07 Å². The van der Waals surface area contributed by atoms with E-state index in [2.05, 4.69) is 0 Å². The zero-order valence-corrected chi connectivity index (χ0v) is 16.7. The van der Waals surface area contributed by atoms with Gasteiger partial charge in [-0.1, -0.05) is 59.6 Å². The number of benzene rings is 3. The first-order valence-electron chi connectivity index (χ1n) is 8.12. The molecule has 0 aliphatic carbocycles. The minimum absolute atomic E-state index is 0.0245. The lowest BCUT2D eigenvalue weighted by Crippen LogP contribution is -2.31. The number of hydrogen-bond acceptors (Lipinski definition) is 4. The number of carboxylic acid groups (broad SMARTS) is 1. The summed E-state index contributed by atoms with van der Waals surface area (Å²) >= 11 is 12.0. The molecule has 144 valence electrons. The molecule has 0 aliphatic heterocycles. The van der Waals surface area contributed by atoms with Crippen LogP contribution < -0.4 is 9.41 Å². The van der Waals surface area contributed by atoms with Gasteiger partial charge in [0.25, 0.3) is 10.0 Å². The zero-order valence-electron chi connectivity index (χ0n) is 14.4. The van der Waals surface area contributed by atoms with E-state index in [9.17, 15) is 18.3 Å². The van der Waals surface area contributed by atoms with Crippen molar-refractivity contribution in [3.8, 4) is 0 Å². The third-order valence-corrected chi connectivity index (χ3v) is 6.53. The molecule has 3 aromatic rings. The normalized spacial score (nSPS) is 11.2. The van der Waals surface area contributed by atoms with Crippen LogP contribution >= 0.6 is 23.2 Å². The molecule has 0 N–H and O–H groups in total. The fourth-order valence-corrected chi connectivity index (χ4v) is 4.70. The van der Waals surface area contributed by atoms with Crippen LogP contribution in [0.25, 0.3) is 0 Å². The highest BCUT2D eigenvalue weighted by Gasteiger charge is 2.28. The molecule has 3 aromatic carbocycles. The summed E-state index contributed by atoms with van der Waals surface area (Å²) in [5, 5.41) is 11.6. The van der Waals surface area contributed by atoms with Gasteiger partial charge in [-0.2, -0.15) is 0 Å². The van der Waals surface area contributed by atoms with E-state index in [0.29, 0.717) is 10.7 Å². The smallest absolute Gasteiger partial charge is 0.266 e. The Labute approximate surface area is 172 Å². The van der Waals surface area contributed by atoms with E-state index < -0.39 is 16.0 Å². The fourth-order valence-electron chi connectivity index (χ4n) is 2.62. The van der Waals surface area contributed by atoms with Crippen molar-refractivity contribution in [2.24, 2.45) is 0 Å². The van der Waals surface area contributed by atoms with Crippen LogP contribution in [0.2, 0.25) is 10.0 Å². The topological polar surface area (TPSA) is 77.5 Å². The molecule has 0 saturated heterocycles. The SMILES string of the molecule is O=C([O-])c1ccc(Cl)c(S(=O)(=O)N(Cc2ccccc2)c2ccc(Cl)cc2)c1. The van der Waals surface area contributed by atoms with Gasteiger partial charge >= 0.3 is 0 Å². The van der Waals surface area contributed by atoms with Crippen molar-refractivity contribution in [1.29, 1.82) is 0 Å². The van der Waals surface area contributed by atoms with Gasteiger partial charge in [-0.15, -0.1) is 0 Å². The number of halogens is 2. The molecule has 0 spiro atoms. The Balaban J connectivity index is 2.14. The van der Waals surface area contributed by atoms with Crippen molar-refractivity contribution in [2.75, 3.05) is 4.31 Å². The van der Waals surface area contributed by atoms with Gasteiger partial charge in [0.15, 0.2) is 0 Å². The van der Waals surface area contributed by atoms with Gasteiger partial charge in [0.05, 0.1) is 23.2 Å². The first-order chi connectivity index (χ1) is 13.3. The second-order valence-corrected chi connectivity index (χ2v) is 8.58. The minimum Gasteiger partial charge on any atom is -0.545 e. The van der Waals surface area contributed by atoms with Gasteiger partial charge in [-0.3, -0.25) is 4.31 Å². The lowest BCUT2D eigenvalue weighted by molar-refractivity contribution is -0.255. The Morgan fingerprint density at radius 3 is 2.18 bits per heavy atom. The van der Waals surface area contributed by atoms with Crippen molar-refractivity contribution < 1.29 is 18.3 Å². The highest BCUT2D eigenvalue weighted by molar-refractivity contribution is 7.93. The van der Waals surface area contributed by atoms with Gasteiger partial charge < -0.3 is 9.90 Å². The molecule has 8 heteroatoms. The summed E-state index contributed by atoms with van der Waals surface area (Å²) in [6, 6.07) is 18.7. The summed E-state index contributed by atoms with van der Waals surface area (Å²) in [5.41, 5.74) is 0.829. The van der Waals surface area contributed by atoms with E-state index in [-0.39, 0.29) is 22.0 Å². The van der Waals surface area contributed by atoms with Gasteiger partial charge in [-0.25, -0.2) is 8.42 Å². The Hall–Kier alpha value is -2.54. The number of carbonyl (C=O) groups excluding carboxylic acids is 1. The molecular weight excluding hydrogens is 421 g/mol. The highest BCUT2D eigenvalue weighted by Crippen LogP contribution is 2.31. The molecule has 0 aliphatic rings. The maximum absolute atomic E-state index is 13.4. The number of hydrogen-bond donors (Lipinski definition) is 0. The van der Waals surface area contributed by atoms with Gasteiger partial charge in [-0.05, 0) is 47.5 Å². The lowest BCUT2D eigenvalue weighted by atomic mass is 10.2. The van der Waals surface area contributed by atoms with Crippen LogP contribution in [0, 0.1) is 0 Å². The molecule has 0 radical (unpaired) electrons. The molecule has 0 bridgehead atoms. The number of nitrogens with zero attached hydrogens (tertiary/aromatic N) is 1. The van der Waals surface area contributed by atoms with Crippen molar-refractivity contribution in [3.63, 3.8) is 0 Å². The summed E-state index contributed by atoms with van der Waals surface area (Å²) < 4.78 is 28.0. The van der Waals surface area contributed by atoms with Crippen molar-refractivity contribution in [1.82, 2.24) is 0 Å². The summed E-state index contributed by atoms with van der Waals surface area (Å²) in [4.78, 5) is 10.9. The average molecular weight is 435 g/mol. The molecule has 0 atom stereocenters. The first-order valence-corrected chi connectivity index (χ1v) is 10.3. The average Bonchev–Trinajstić information content (AvgIpc) is 2.67. The van der Waals surface area contributed by atoms with Crippen LogP contribution in [-0.2, 0) is 16.6 Å². The fraction of sp³-hybridized carbons (Fsp3) is 0.0500. The standard InChI is InChI=1S/C20H15Cl2NO4S/c21-16-7-9-17(10-8-16)23(13-14-4-2-1-3-5-14)28(26,27)19-12-15(20(24)25)6-11-18(19)22/h1-12H,13H2,(H,24,25)/p-1. The van der Waals surface area contributed by atoms with E-state index in [4.69, 9.17) is 23.2 Å². The molecule has 0 amide bonds. The highest BCUT2D eigenvalue weighted by atomic mass is 35.5. The van der Waals surface area contributed by atoms with E-state index in [1.165, 1.54) is 12.1 Å². The van der Waals surface area contributed by atoms with Crippen LogP contribution in [0.3, 0.4) is 0 Å². The summed E-state index contributed by atoms with van der Waals surface area (Å²) in [7, 11) is -4.18. The molecular formula is C20H14Cl2NO4S-. The largest absolute Gasteiger partial charge is 0.545 e. The van der Waals surface area contributed by atoms with Crippen LogP contribution in [0.5, 0.6) is 0 Å². The predicted octanol–water partition coefficient (Wildman–Crippen LogP) is 3.75. The quantitative estimate of drug-likeness (QED) is 0.591. The molecule has 0 aromatic heterocycles. The maximum Gasteiger partial charge on any atom is 0.266 e. The van der Waals surface area contributed by atoms with E-state index >= 15 is 0 Å². The Morgan fingerprint density at radius 1 is 0.929 bits per heavy atom. The molecule has 28 heavy (non-hydrogen) atoms. The molecule has 3 rings (SSSR count). The Morgan fingerprint density at radius 2 is 1.57 bits per heavy atom. The van der Waals surface area contributed by atoms with Crippen molar-refractivity contribution in [3.05, 3.63) is 94.0 Å². The number of aromatic carboxylic acids is 1. The third kappa shape index (κ3) is 4.30. The second kappa shape index (κ2) is 8.22. The monoisotopic (exact) mass is 434 g/mol. The molecule has 0 fully saturated rings. The molecule has 5 nitrogen and oxygen atoms in total. The predicted molar refractivity (Wildman–Crippen MR) is 107 cm³/mol. The molecule has 0 heterocycles. The summed E-state index contributed by atoms with van der Waals surface area (Å²) in [6.45, 7) is 0.0245. The first kappa shape index (κ1) is 20.2. The minimum atomic E-state index is -4.18. The van der Waals surface area contributed by atoms with Crippen LogP contribution in [-0.4, -0.2) is 14.4 Å². The van der Waals surface area contributed by atoms with Crippen LogP contribution in [0.15, 0.2) is 77.7 Å². The zero-order chi connectivity index (χ0) is 20.3. The molecule has 0 unspecified atom stereocenters. The van der Waals surface area contributed by atoms with Crippen LogP contribution in [0.1, 0.15) is 15.9 Å². The van der Waals surface area contributed by atoms with Gasteiger partial charge in [0.2, 0.25) is 0 Å². The van der Waals surface area contributed by atoms with Crippen LogP contribution in [0.4, 0.5) is 5.69 Å². The molecule has 0 saturated carbocycles. The maximum atomic E-state index is 13.4. The third-order valence-electron chi connectivity index (χ3n) is 4.02. The number of sulfonamides is 1.